The maximum absolute atomic E-state index is 12.8. The predicted octanol–water partition coefficient (Wildman–Crippen LogP) is 0.812. The molecule has 1 N–H and O–H groups in total. The fourth-order valence-corrected chi connectivity index (χ4v) is 2.95. The molecule has 140 valence electrons. The summed E-state index contributed by atoms with van der Waals surface area (Å²) in [6.07, 6.45) is 9.05. The van der Waals surface area contributed by atoms with Gasteiger partial charge in [0, 0.05) is 35.9 Å². The van der Waals surface area contributed by atoms with E-state index in [9.17, 15) is 13.2 Å². The number of hydrogen-bond donors (Lipinski definition) is 1. The Morgan fingerprint density at radius 3 is 2.59 bits per heavy atom. The molecule has 3 rings (SSSR count). The summed E-state index contributed by atoms with van der Waals surface area (Å²) in [5, 5.41) is 4.16. The third-order valence-electron chi connectivity index (χ3n) is 3.67. The summed E-state index contributed by atoms with van der Waals surface area (Å²) in [5.74, 6) is -1.15. The molecule has 0 saturated carbocycles. The van der Waals surface area contributed by atoms with Crippen LogP contribution < -0.4 is 9.46 Å². The molecule has 0 spiro atoms. The number of carbonyl (C=O) groups excluding carboxylic acids is 1. The van der Waals surface area contributed by atoms with Crippen LogP contribution in [-0.2, 0) is 10.0 Å². The summed E-state index contributed by atoms with van der Waals surface area (Å²) < 4.78 is 32.6. The number of carbonyl (C=O) groups is 1. The molecular formula is C16H16N6O4S. The molecule has 0 aliphatic rings. The van der Waals surface area contributed by atoms with Crippen molar-refractivity contribution in [2.45, 2.75) is 6.92 Å². The van der Waals surface area contributed by atoms with Crippen molar-refractivity contribution >= 4 is 15.9 Å². The number of sulfonamides is 1. The zero-order chi connectivity index (χ0) is 19.4. The van der Waals surface area contributed by atoms with Crippen LogP contribution in [0.5, 0.6) is 5.88 Å². The molecule has 1 amide bonds. The van der Waals surface area contributed by atoms with E-state index in [2.05, 4.69) is 20.1 Å². The van der Waals surface area contributed by atoms with Gasteiger partial charge in [0.15, 0.2) is 0 Å². The first-order valence-electron chi connectivity index (χ1n) is 7.84. The number of amides is 1. The SMILES string of the molecule is CCS(=O)(=O)NC(=O)c1c(OC)ncc(-n2cccn2)c1-c1cncnc1. The van der Waals surface area contributed by atoms with Gasteiger partial charge in [-0.3, -0.25) is 4.79 Å². The summed E-state index contributed by atoms with van der Waals surface area (Å²) in [4.78, 5) is 24.9. The Bertz CT molecular complexity index is 1050. The van der Waals surface area contributed by atoms with Crippen LogP contribution in [0.2, 0.25) is 0 Å². The molecule has 0 saturated heterocycles. The molecule has 3 aromatic rings. The van der Waals surface area contributed by atoms with Gasteiger partial charge in [-0.1, -0.05) is 0 Å². The van der Waals surface area contributed by atoms with E-state index in [0.717, 1.165) is 0 Å². The molecule has 0 aromatic carbocycles. The van der Waals surface area contributed by atoms with Gasteiger partial charge in [0.25, 0.3) is 5.91 Å². The van der Waals surface area contributed by atoms with Crippen LogP contribution in [-0.4, -0.2) is 51.9 Å². The lowest BCUT2D eigenvalue weighted by Gasteiger charge is -2.16. The standard InChI is InChI=1S/C16H16N6O4S/c1-3-27(24,25)21-15(23)14-13(11-7-17-10-18-8-11)12(9-19-16(14)26-2)22-6-4-5-20-22/h4-10H,3H2,1-2H3,(H,21,23). The first-order chi connectivity index (χ1) is 13.0. The first kappa shape index (κ1) is 18.5. The lowest BCUT2D eigenvalue weighted by molar-refractivity contribution is 0.0978. The van der Waals surface area contributed by atoms with Crippen molar-refractivity contribution in [3.63, 3.8) is 0 Å². The van der Waals surface area contributed by atoms with Gasteiger partial charge in [-0.25, -0.2) is 32.8 Å². The zero-order valence-corrected chi connectivity index (χ0v) is 15.3. The van der Waals surface area contributed by atoms with Gasteiger partial charge >= 0.3 is 0 Å². The second-order valence-corrected chi connectivity index (χ2v) is 7.33. The van der Waals surface area contributed by atoms with E-state index < -0.39 is 15.9 Å². The monoisotopic (exact) mass is 388 g/mol. The second-order valence-electron chi connectivity index (χ2n) is 5.32. The number of nitrogens with one attached hydrogen (secondary N) is 1. The Labute approximate surface area is 155 Å². The van der Waals surface area contributed by atoms with Crippen LogP contribution in [0.3, 0.4) is 0 Å². The summed E-state index contributed by atoms with van der Waals surface area (Å²) in [6.45, 7) is 1.43. The number of ether oxygens (including phenoxy) is 1. The molecule has 0 aliphatic carbocycles. The highest BCUT2D eigenvalue weighted by molar-refractivity contribution is 7.90. The molecule has 0 atom stereocenters. The molecule has 10 nitrogen and oxygen atoms in total. The topological polar surface area (TPSA) is 129 Å². The van der Waals surface area contributed by atoms with E-state index in [0.29, 0.717) is 16.8 Å². The van der Waals surface area contributed by atoms with Gasteiger partial charge in [0.05, 0.1) is 24.7 Å². The van der Waals surface area contributed by atoms with Crippen LogP contribution in [0.1, 0.15) is 17.3 Å². The summed E-state index contributed by atoms with van der Waals surface area (Å²) in [5.41, 5.74) is 1.20. The Morgan fingerprint density at radius 2 is 2.00 bits per heavy atom. The quantitative estimate of drug-likeness (QED) is 0.657. The largest absolute Gasteiger partial charge is 0.480 e. The number of methoxy groups -OCH3 is 1. The molecule has 0 fully saturated rings. The van der Waals surface area contributed by atoms with Gasteiger partial charge in [-0.2, -0.15) is 5.10 Å². The second kappa shape index (κ2) is 7.50. The van der Waals surface area contributed by atoms with Crippen molar-refractivity contribution in [1.82, 2.24) is 29.5 Å². The Morgan fingerprint density at radius 1 is 1.26 bits per heavy atom. The zero-order valence-electron chi connectivity index (χ0n) is 14.5. The number of hydrogen-bond acceptors (Lipinski definition) is 8. The highest BCUT2D eigenvalue weighted by Gasteiger charge is 2.27. The summed E-state index contributed by atoms with van der Waals surface area (Å²) in [6, 6.07) is 1.71. The van der Waals surface area contributed by atoms with Crippen molar-refractivity contribution in [2.24, 2.45) is 0 Å². The Kier molecular flexibility index (Phi) is 5.12. The number of nitrogens with zero attached hydrogens (tertiary/aromatic N) is 5. The van der Waals surface area contributed by atoms with E-state index in [1.165, 1.54) is 43.6 Å². The smallest absolute Gasteiger partial charge is 0.270 e. The Hall–Kier alpha value is -3.34. The number of pyridine rings is 1. The maximum Gasteiger partial charge on any atom is 0.270 e. The lowest BCUT2D eigenvalue weighted by Crippen LogP contribution is -2.32. The van der Waals surface area contributed by atoms with E-state index in [-0.39, 0.29) is 17.2 Å². The van der Waals surface area contributed by atoms with Crippen molar-refractivity contribution in [2.75, 3.05) is 12.9 Å². The van der Waals surface area contributed by atoms with Gasteiger partial charge in [-0.15, -0.1) is 0 Å². The van der Waals surface area contributed by atoms with Crippen LogP contribution >= 0.6 is 0 Å². The lowest BCUT2D eigenvalue weighted by atomic mass is 10.0. The maximum atomic E-state index is 12.8. The third-order valence-corrected chi connectivity index (χ3v) is 4.93. The average molecular weight is 388 g/mol. The van der Waals surface area contributed by atoms with Crippen LogP contribution in [0.4, 0.5) is 0 Å². The minimum Gasteiger partial charge on any atom is -0.480 e. The summed E-state index contributed by atoms with van der Waals surface area (Å²) in [7, 11) is -2.45. The van der Waals surface area contributed by atoms with E-state index in [4.69, 9.17) is 4.74 Å². The number of rotatable bonds is 6. The van der Waals surface area contributed by atoms with E-state index in [1.54, 1.807) is 18.5 Å². The number of aromatic nitrogens is 5. The van der Waals surface area contributed by atoms with Gasteiger partial charge in [0.2, 0.25) is 15.9 Å². The van der Waals surface area contributed by atoms with E-state index >= 15 is 0 Å². The normalized spacial score (nSPS) is 11.2. The molecular weight excluding hydrogens is 372 g/mol. The summed E-state index contributed by atoms with van der Waals surface area (Å²) >= 11 is 0. The molecule has 11 heteroatoms. The molecule has 0 bridgehead atoms. The molecule has 0 radical (unpaired) electrons. The van der Waals surface area contributed by atoms with Gasteiger partial charge in [0.1, 0.15) is 11.9 Å². The van der Waals surface area contributed by atoms with Crippen LogP contribution in [0.25, 0.3) is 16.8 Å². The highest BCUT2D eigenvalue weighted by Crippen LogP contribution is 2.33. The van der Waals surface area contributed by atoms with Crippen LogP contribution in [0.15, 0.2) is 43.4 Å². The Balaban J connectivity index is 2.30. The average Bonchev–Trinajstić information content (AvgIpc) is 3.21. The van der Waals surface area contributed by atoms with Crippen molar-refractivity contribution in [3.05, 3.63) is 48.9 Å². The van der Waals surface area contributed by atoms with Crippen molar-refractivity contribution < 1.29 is 17.9 Å². The highest BCUT2D eigenvalue weighted by atomic mass is 32.2. The predicted molar refractivity (Wildman–Crippen MR) is 95.9 cm³/mol. The van der Waals surface area contributed by atoms with Crippen molar-refractivity contribution in [3.8, 4) is 22.7 Å². The fraction of sp³-hybridized carbons (Fsp3) is 0.188. The third kappa shape index (κ3) is 3.77. The first-order valence-corrected chi connectivity index (χ1v) is 9.49. The minimum absolute atomic E-state index is 0.0337. The fourth-order valence-electron chi connectivity index (χ4n) is 2.42. The van der Waals surface area contributed by atoms with Gasteiger partial charge < -0.3 is 4.74 Å². The minimum atomic E-state index is -3.79. The van der Waals surface area contributed by atoms with Gasteiger partial charge in [-0.05, 0) is 13.0 Å². The molecule has 0 aliphatic heterocycles. The van der Waals surface area contributed by atoms with Crippen LogP contribution in [0, 0.1) is 0 Å². The van der Waals surface area contributed by atoms with E-state index in [1.807, 2.05) is 4.72 Å². The molecule has 0 unspecified atom stereocenters. The molecule has 3 aromatic heterocycles. The van der Waals surface area contributed by atoms with Crippen molar-refractivity contribution in [1.29, 1.82) is 0 Å². The molecule has 3 heterocycles. The molecule has 27 heavy (non-hydrogen) atoms.